The van der Waals surface area contributed by atoms with E-state index in [4.69, 9.17) is 14.4 Å². The fourth-order valence-corrected chi connectivity index (χ4v) is 5.44. The summed E-state index contributed by atoms with van der Waals surface area (Å²) < 4.78 is 6.42. The number of fused-ring (bicyclic) bond motifs is 3. The van der Waals surface area contributed by atoms with Gasteiger partial charge in [-0.25, -0.2) is 14.8 Å². The Kier molecular flexibility index (Phi) is 5.52. The van der Waals surface area contributed by atoms with Crippen molar-refractivity contribution in [1.82, 2.24) is 24.7 Å². The maximum atomic E-state index is 14.2. The standard InChI is InChI=1S/C24H24N8O3S/c1-3-25-23-27-18(21-26-9-11-36-21)17-19(28-23)31-10-5-8-16(31)13-32(22(17)33)15-7-4-6-14(12-15)20-29-30(2)24(34)35-20/h4,6-7,9,11-12,16H,3,5,8,10,13H2,1-2H3,(H,25,27,28). The number of thiazole rings is 1. The van der Waals surface area contributed by atoms with E-state index in [1.807, 2.05) is 30.5 Å². The highest BCUT2D eigenvalue weighted by Gasteiger charge is 2.40. The van der Waals surface area contributed by atoms with Gasteiger partial charge in [-0.15, -0.1) is 16.4 Å². The van der Waals surface area contributed by atoms with Gasteiger partial charge in [0, 0.05) is 55.6 Å². The molecule has 4 aromatic rings. The Morgan fingerprint density at radius 2 is 2.14 bits per heavy atom. The van der Waals surface area contributed by atoms with E-state index < -0.39 is 5.76 Å². The minimum absolute atomic E-state index is 0.111. The number of aromatic nitrogens is 5. The quantitative estimate of drug-likeness (QED) is 0.437. The third kappa shape index (κ3) is 3.73. The molecule has 2 aliphatic heterocycles. The van der Waals surface area contributed by atoms with E-state index in [2.05, 4.69) is 20.3 Å². The zero-order valence-electron chi connectivity index (χ0n) is 19.8. The van der Waals surface area contributed by atoms with Gasteiger partial charge in [-0.05, 0) is 38.0 Å². The van der Waals surface area contributed by atoms with E-state index in [-0.39, 0.29) is 17.8 Å². The Labute approximate surface area is 210 Å². The summed E-state index contributed by atoms with van der Waals surface area (Å²) in [6.45, 7) is 3.97. The molecule has 1 amide bonds. The van der Waals surface area contributed by atoms with Crippen LogP contribution < -0.4 is 20.9 Å². The molecule has 1 saturated heterocycles. The van der Waals surface area contributed by atoms with Crippen molar-refractivity contribution in [3.63, 3.8) is 0 Å². The van der Waals surface area contributed by atoms with Crippen LogP contribution in [0, 0.1) is 0 Å². The van der Waals surface area contributed by atoms with Gasteiger partial charge in [0.2, 0.25) is 11.8 Å². The molecule has 184 valence electrons. The van der Waals surface area contributed by atoms with E-state index in [9.17, 15) is 9.59 Å². The van der Waals surface area contributed by atoms with E-state index in [1.54, 1.807) is 17.2 Å². The first-order valence-electron chi connectivity index (χ1n) is 11.8. The predicted octanol–water partition coefficient (Wildman–Crippen LogP) is 3.01. The molecular weight excluding hydrogens is 480 g/mol. The molecule has 2 aliphatic rings. The number of benzene rings is 1. The summed E-state index contributed by atoms with van der Waals surface area (Å²) >= 11 is 1.44. The zero-order valence-corrected chi connectivity index (χ0v) is 20.7. The van der Waals surface area contributed by atoms with Crippen molar-refractivity contribution in [1.29, 1.82) is 0 Å². The molecule has 5 heterocycles. The van der Waals surface area contributed by atoms with Gasteiger partial charge in [-0.1, -0.05) is 6.07 Å². The highest BCUT2D eigenvalue weighted by molar-refractivity contribution is 7.13. The van der Waals surface area contributed by atoms with E-state index >= 15 is 0 Å². The van der Waals surface area contributed by atoms with Crippen LogP contribution in [0.2, 0.25) is 0 Å². The van der Waals surface area contributed by atoms with Crippen LogP contribution in [0.1, 0.15) is 30.1 Å². The Bertz CT molecular complexity index is 1500. The highest BCUT2D eigenvalue weighted by Crippen LogP contribution is 2.39. The van der Waals surface area contributed by atoms with Gasteiger partial charge in [0.15, 0.2) is 0 Å². The van der Waals surface area contributed by atoms with Gasteiger partial charge in [-0.3, -0.25) is 4.79 Å². The molecule has 1 N–H and O–H groups in total. The smallest absolute Gasteiger partial charge is 0.388 e. The van der Waals surface area contributed by atoms with Crippen LogP contribution in [0.25, 0.3) is 22.2 Å². The number of aryl methyl sites for hydroxylation is 1. The summed E-state index contributed by atoms with van der Waals surface area (Å²) in [4.78, 5) is 44.1. The Balaban J connectivity index is 1.51. The maximum Gasteiger partial charge on any atom is 0.437 e. The Hall–Kier alpha value is -4.06. The molecule has 1 atom stereocenters. The zero-order chi connectivity index (χ0) is 24.8. The predicted molar refractivity (Wildman–Crippen MR) is 137 cm³/mol. The number of rotatable bonds is 5. The summed E-state index contributed by atoms with van der Waals surface area (Å²) in [5, 5.41) is 9.91. The second-order valence-corrected chi connectivity index (χ2v) is 9.61. The molecule has 0 bridgehead atoms. The molecule has 3 aromatic heterocycles. The molecular formula is C24H24N8O3S. The number of amides is 1. The Morgan fingerprint density at radius 1 is 1.25 bits per heavy atom. The average Bonchev–Trinajstić information content (AvgIpc) is 3.63. The minimum atomic E-state index is -0.543. The van der Waals surface area contributed by atoms with E-state index in [0.29, 0.717) is 52.4 Å². The first kappa shape index (κ1) is 22.4. The summed E-state index contributed by atoms with van der Waals surface area (Å²) in [7, 11) is 1.53. The minimum Gasteiger partial charge on any atom is -0.388 e. The summed E-state index contributed by atoms with van der Waals surface area (Å²) in [6, 6.07) is 7.45. The molecule has 1 aromatic carbocycles. The molecule has 1 unspecified atom stereocenters. The lowest BCUT2D eigenvalue weighted by Crippen LogP contribution is -2.39. The number of anilines is 3. The largest absolute Gasteiger partial charge is 0.437 e. The van der Waals surface area contributed by atoms with Gasteiger partial charge >= 0.3 is 5.76 Å². The molecule has 6 rings (SSSR count). The summed E-state index contributed by atoms with van der Waals surface area (Å²) in [6.07, 6.45) is 3.67. The molecule has 0 aliphatic carbocycles. The fraction of sp³-hybridized carbons (Fsp3) is 0.333. The maximum absolute atomic E-state index is 14.2. The molecule has 1 fully saturated rings. The SMILES string of the molecule is CCNc1nc(-c2nccs2)c2c(n1)N1CCCC1CN(c1cccc(-c3nn(C)c(=O)o3)c1)C2=O. The third-order valence-electron chi connectivity index (χ3n) is 6.46. The van der Waals surface area contributed by atoms with Gasteiger partial charge in [0.25, 0.3) is 5.91 Å². The van der Waals surface area contributed by atoms with Gasteiger partial charge in [-0.2, -0.15) is 9.67 Å². The lowest BCUT2D eigenvalue weighted by atomic mass is 10.1. The van der Waals surface area contributed by atoms with Gasteiger partial charge < -0.3 is 19.5 Å². The first-order valence-corrected chi connectivity index (χ1v) is 12.7. The molecule has 0 radical (unpaired) electrons. The fourth-order valence-electron chi connectivity index (χ4n) is 4.81. The van der Waals surface area contributed by atoms with Crippen LogP contribution in [0.4, 0.5) is 17.5 Å². The van der Waals surface area contributed by atoms with Gasteiger partial charge in [0.1, 0.15) is 22.1 Å². The van der Waals surface area contributed by atoms with Crippen LogP contribution >= 0.6 is 11.3 Å². The molecule has 12 heteroatoms. The number of hydrogen-bond acceptors (Lipinski definition) is 10. The third-order valence-corrected chi connectivity index (χ3v) is 7.23. The van der Waals surface area contributed by atoms with Crippen LogP contribution in [-0.2, 0) is 7.05 Å². The lowest BCUT2D eigenvalue weighted by Gasteiger charge is -2.27. The highest BCUT2D eigenvalue weighted by atomic mass is 32.1. The van der Waals surface area contributed by atoms with Crippen LogP contribution in [0.3, 0.4) is 0 Å². The van der Waals surface area contributed by atoms with Crippen molar-refractivity contribution < 1.29 is 9.21 Å². The van der Waals surface area contributed by atoms with Crippen LogP contribution in [0.5, 0.6) is 0 Å². The monoisotopic (exact) mass is 504 g/mol. The molecule has 0 spiro atoms. The number of nitrogens with one attached hydrogen (secondary N) is 1. The van der Waals surface area contributed by atoms with Crippen LogP contribution in [-0.4, -0.2) is 56.3 Å². The number of carbonyl (C=O) groups excluding carboxylic acids is 1. The first-order chi connectivity index (χ1) is 17.5. The van der Waals surface area contributed by atoms with Gasteiger partial charge in [0.05, 0.1) is 0 Å². The number of carbonyl (C=O) groups is 1. The van der Waals surface area contributed by atoms with Crippen molar-refractivity contribution >= 4 is 34.7 Å². The van der Waals surface area contributed by atoms with Crippen molar-refractivity contribution in [3.8, 4) is 22.2 Å². The van der Waals surface area contributed by atoms with E-state index in [1.165, 1.54) is 18.4 Å². The second-order valence-electron chi connectivity index (χ2n) is 8.71. The topological polar surface area (TPSA) is 122 Å². The Morgan fingerprint density at radius 3 is 2.89 bits per heavy atom. The molecule has 0 saturated carbocycles. The average molecular weight is 505 g/mol. The van der Waals surface area contributed by atoms with Crippen molar-refractivity contribution in [2.45, 2.75) is 25.8 Å². The number of hydrogen-bond donors (Lipinski definition) is 1. The normalized spacial score (nSPS) is 17.2. The number of nitrogens with zero attached hydrogens (tertiary/aromatic N) is 7. The molecule has 36 heavy (non-hydrogen) atoms. The van der Waals surface area contributed by atoms with Crippen molar-refractivity contribution in [3.05, 3.63) is 52.0 Å². The van der Waals surface area contributed by atoms with Crippen LogP contribution in [0.15, 0.2) is 45.1 Å². The summed E-state index contributed by atoms with van der Waals surface area (Å²) in [5.41, 5.74) is 2.28. The summed E-state index contributed by atoms with van der Waals surface area (Å²) in [5.74, 6) is 0.607. The second kappa shape index (κ2) is 8.86. The van der Waals surface area contributed by atoms with Crippen molar-refractivity contribution in [2.24, 2.45) is 7.05 Å². The molecule has 11 nitrogen and oxygen atoms in total. The lowest BCUT2D eigenvalue weighted by molar-refractivity contribution is 0.0989. The van der Waals surface area contributed by atoms with E-state index in [0.717, 1.165) is 24.1 Å². The van der Waals surface area contributed by atoms with Crippen molar-refractivity contribution in [2.75, 3.05) is 34.8 Å².